The number of benzene rings is 3. The number of furan rings is 1. The number of anilines is 1. The van der Waals surface area contributed by atoms with Gasteiger partial charge in [0.05, 0.1) is 21.3 Å². The summed E-state index contributed by atoms with van der Waals surface area (Å²) in [6.45, 7) is 0. The quantitative estimate of drug-likeness (QED) is 0.271. The third-order valence-electron chi connectivity index (χ3n) is 4.90. The topological polar surface area (TPSA) is 45.8 Å². The maximum atomic E-state index is 13.4. The zero-order valence-corrected chi connectivity index (χ0v) is 19.4. The summed E-state index contributed by atoms with van der Waals surface area (Å²) in [5.74, 6) is 0.973. The molecule has 0 N–H and O–H groups in total. The van der Waals surface area contributed by atoms with E-state index in [1.165, 1.54) is 11.8 Å². The third-order valence-corrected chi connectivity index (χ3v) is 6.42. The lowest BCUT2D eigenvalue weighted by Gasteiger charge is -2.15. The van der Waals surface area contributed by atoms with Crippen molar-refractivity contribution in [3.63, 3.8) is 0 Å². The Morgan fingerprint density at radius 3 is 2.33 bits per heavy atom. The van der Waals surface area contributed by atoms with E-state index in [2.05, 4.69) is 0 Å². The van der Waals surface area contributed by atoms with Crippen LogP contribution in [0.25, 0.3) is 17.4 Å². The summed E-state index contributed by atoms with van der Waals surface area (Å²) >= 11 is 13.6. The van der Waals surface area contributed by atoms with Gasteiger partial charge in [0.15, 0.2) is 5.17 Å². The largest absolute Gasteiger partial charge is 0.457 e. The molecule has 162 valence electrons. The molecule has 0 unspecified atom stereocenters. The van der Waals surface area contributed by atoms with E-state index >= 15 is 0 Å². The average Bonchev–Trinajstić information content (AvgIpc) is 3.40. The van der Waals surface area contributed by atoms with Gasteiger partial charge < -0.3 is 4.42 Å². The highest BCUT2D eigenvalue weighted by atomic mass is 35.5. The monoisotopic (exact) mass is 490 g/mol. The molecule has 1 aliphatic rings. The van der Waals surface area contributed by atoms with Crippen LogP contribution in [0.1, 0.15) is 5.76 Å². The molecule has 0 radical (unpaired) electrons. The Labute approximate surface area is 205 Å². The lowest BCUT2D eigenvalue weighted by Crippen LogP contribution is -2.28. The fraction of sp³-hybridized carbons (Fsp3) is 0. The molecule has 4 aromatic rings. The van der Waals surface area contributed by atoms with Crippen molar-refractivity contribution in [1.82, 2.24) is 0 Å². The van der Waals surface area contributed by atoms with Crippen molar-refractivity contribution in [1.29, 1.82) is 0 Å². The van der Waals surface area contributed by atoms with Gasteiger partial charge in [-0.3, -0.25) is 9.69 Å². The van der Waals surface area contributed by atoms with Crippen LogP contribution in [0.4, 0.5) is 11.4 Å². The van der Waals surface area contributed by atoms with Gasteiger partial charge in [-0.15, -0.1) is 0 Å². The van der Waals surface area contributed by atoms with E-state index in [1.807, 2.05) is 66.7 Å². The molecule has 0 aliphatic carbocycles. The summed E-state index contributed by atoms with van der Waals surface area (Å²) in [6.07, 6.45) is 1.73. The SMILES string of the molecule is O=C1/C(=C/c2ccc(-c3ccc(Cl)cc3Cl)o2)SC(=Nc2ccccc2)N1c1ccccc1. The maximum Gasteiger partial charge on any atom is 0.271 e. The molecule has 2 heterocycles. The molecule has 0 atom stereocenters. The highest BCUT2D eigenvalue weighted by molar-refractivity contribution is 8.19. The van der Waals surface area contributed by atoms with Crippen LogP contribution in [0.3, 0.4) is 0 Å². The minimum absolute atomic E-state index is 0.164. The van der Waals surface area contributed by atoms with Crippen molar-refractivity contribution in [3.05, 3.63) is 112 Å². The Balaban J connectivity index is 1.51. The van der Waals surface area contributed by atoms with Gasteiger partial charge in [-0.1, -0.05) is 59.6 Å². The Hall–Kier alpha value is -3.25. The molecule has 0 saturated carbocycles. The zero-order valence-electron chi connectivity index (χ0n) is 17.1. The number of thioether (sulfide) groups is 1. The van der Waals surface area contributed by atoms with Gasteiger partial charge in [0, 0.05) is 16.7 Å². The molecular weight excluding hydrogens is 475 g/mol. The summed E-state index contributed by atoms with van der Waals surface area (Å²) in [5.41, 5.74) is 2.25. The first-order valence-corrected chi connectivity index (χ1v) is 11.6. The maximum absolute atomic E-state index is 13.4. The minimum Gasteiger partial charge on any atom is -0.457 e. The molecule has 1 aliphatic heterocycles. The van der Waals surface area contributed by atoms with E-state index in [4.69, 9.17) is 32.6 Å². The zero-order chi connectivity index (χ0) is 22.8. The van der Waals surface area contributed by atoms with Crippen molar-refractivity contribution >= 4 is 63.5 Å². The Morgan fingerprint density at radius 2 is 1.61 bits per heavy atom. The molecule has 3 aromatic carbocycles. The predicted octanol–water partition coefficient (Wildman–Crippen LogP) is 8.06. The van der Waals surface area contributed by atoms with Gasteiger partial charge in [0.1, 0.15) is 11.5 Å². The van der Waals surface area contributed by atoms with Gasteiger partial charge in [-0.25, -0.2) is 4.99 Å². The summed E-state index contributed by atoms with van der Waals surface area (Å²) < 4.78 is 5.97. The second kappa shape index (κ2) is 9.32. The minimum atomic E-state index is -0.164. The Morgan fingerprint density at radius 1 is 0.879 bits per heavy atom. The number of rotatable bonds is 4. The first-order valence-electron chi connectivity index (χ1n) is 10.1. The average molecular weight is 491 g/mol. The first kappa shape index (κ1) is 21.6. The number of amides is 1. The normalized spacial score (nSPS) is 16.2. The molecule has 33 heavy (non-hydrogen) atoms. The van der Waals surface area contributed by atoms with Crippen LogP contribution in [0.15, 0.2) is 105 Å². The number of carbonyl (C=O) groups excluding carboxylic acids is 1. The fourth-order valence-corrected chi connectivity index (χ4v) is 4.84. The number of halogens is 2. The second-order valence-corrected chi connectivity index (χ2v) is 9.00. The fourth-order valence-electron chi connectivity index (χ4n) is 3.36. The van der Waals surface area contributed by atoms with Crippen LogP contribution >= 0.6 is 35.0 Å². The summed E-state index contributed by atoms with van der Waals surface area (Å²) in [7, 11) is 0. The Kier molecular flexibility index (Phi) is 6.09. The van der Waals surface area contributed by atoms with Crippen LogP contribution in [-0.4, -0.2) is 11.1 Å². The second-order valence-electron chi connectivity index (χ2n) is 7.14. The number of amidine groups is 1. The van der Waals surface area contributed by atoms with E-state index in [-0.39, 0.29) is 5.91 Å². The number of nitrogens with zero attached hydrogens (tertiary/aromatic N) is 2. The summed E-state index contributed by atoms with van der Waals surface area (Å²) in [5, 5.41) is 1.63. The summed E-state index contributed by atoms with van der Waals surface area (Å²) in [4.78, 5) is 20.2. The number of hydrogen-bond acceptors (Lipinski definition) is 4. The molecule has 7 heteroatoms. The molecule has 4 nitrogen and oxygen atoms in total. The number of hydrogen-bond donors (Lipinski definition) is 0. The molecule has 1 saturated heterocycles. The molecule has 1 amide bonds. The molecular formula is C26H16Cl2N2O2S. The number of aliphatic imine (C=N–C) groups is 1. The molecule has 1 aromatic heterocycles. The van der Waals surface area contributed by atoms with E-state index < -0.39 is 0 Å². The van der Waals surface area contributed by atoms with E-state index in [0.717, 1.165) is 16.9 Å². The predicted molar refractivity (Wildman–Crippen MR) is 137 cm³/mol. The van der Waals surface area contributed by atoms with E-state index in [0.29, 0.717) is 31.6 Å². The van der Waals surface area contributed by atoms with Gasteiger partial charge in [0.25, 0.3) is 5.91 Å². The summed E-state index contributed by atoms with van der Waals surface area (Å²) in [6, 6.07) is 27.9. The van der Waals surface area contributed by atoms with Crippen molar-refractivity contribution in [2.75, 3.05) is 4.90 Å². The van der Waals surface area contributed by atoms with Gasteiger partial charge in [0.2, 0.25) is 0 Å². The van der Waals surface area contributed by atoms with E-state index in [1.54, 1.807) is 35.2 Å². The van der Waals surface area contributed by atoms with E-state index in [9.17, 15) is 4.79 Å². The standard InChI is InChI=1S/C26H16Cl2N2O2S/c27-17-11-13-21(22(28)15-17)23-14-12-20(32-23)16-24-25(31)30(19-9-5-2-6-10-19)26(33-24)29-18-7-3-1-4-8-18/h1-16H/b24-16-,29-26?. The van der Waals surface area contributed by atoms with Crippen molar-refractivity contribution in [2.24, 2.45) is 4.99 Å². The Bertz CT molecular complexity index is 1380. The van der Waals surface area contributed by atoms with Crippen molar-refractivity contribution < 1.29 is 9.21 Å². The van der Waals surface area contributed by atoms with Crippen LogP contribution in [0.2, 0.25) is 10.0 Å². The number of carbonyl (C=O) groups is 1. The van der Waals surface area contributed by atoms with Crippen LogP contribution in [0.5, 0.6) is 0 Å². The highest BCUT2D eigenvalue weighted by Gasteiger charge is 2.35. The van der Waals surface area contributed by atoms with Crippen LogP contribution in [0, 0.1) is 0 Å². The van der Waals surface area contributed by atoms with Gasteiger partial charge >= 0.3 is 0 Å². The van der Waals surface area contributed by atoms with Crippen LogP contribution in [-0.2, 0) is 4.79 Å². The lowest BCUT2D eigenvalue weighted by atomic mass is 10.2. The van der Waals surface area contributed by atoms with Crippen molar-refractivity contribution in [3.8, 4) is 11.3 Å². The van der Waals surface area contributed by atoms with Gasteiger partial charge in [-0.05, 0) is 66.4 Å². The highest BCUT2D eigenvalue weighted by Crippen LogP contribution is 2.38. The molecule has 0 bridgehead atoms. The molecule has 0 spiro atoms. The van der Waals surface area contributed by atoms with Crippen LogP contribution < -0.4 is 4.90 Å². The lowest BCUT2D eigenvalue weighted by molar-refractivity contribution is -0.113. The molecule has 1 fully saturated rings. The van der Waals surface area contributed by atoms with Gasteiger partial charge in [-0.2, -0.15) is 0 Å². The first-order chi connectivity index (χ1) is 16.1. The van der Waals surface area contributed by atoms with Crippen molar-refractivity contribution in [2.45, 2.75) is 0 Å². The smallest absolute Gasteiger partial charge is 0.271 e. The molecule has 5 rings (SSSR count). The third kappa shape index (κ3) is 4.62. The number of para-hydroxylation sites is 2.